The molecule has 4 aliphatic carbocycles. The van der Waals surface area contributed by atoms with Crippen LogP contribution in [0.15, 0.2) is 35.9 Å². The fraction of sp³-hybridized carbons (Fsp3) is 0.706. The van der Waals surface area contributed by atoms with Crippen LogP contribution in [0, 0.1) is 16.7 Å². The van der Waals surface area contributed by atoms with Crippen LogP contribution in [0.4, 0.5) is 0 Å². The van der Waals surface area contributed by atoms with Gasteiger partial charge in [0, 0.05) is 5.92 Å². The minimum atomic E-state index is -2.07. The number of ketones is 1. The van der Waals surface area contributed by atoms with Gasteiger partial charge in [0.05, 0.1) is 23.2 Å². The Hall–Kier alpha value is -2.42. The topological polar surface area (TPSA) is 203 Å². The lowest BCUT2D eigenvalue weighted by Crippen LogP contribution is -2.78. The van der Waals surface area contributed by atoms with Crippen molar-refractivity contribution in [3.8, 4) is 5.75 Å². The van der Waals surface area contributed by atoms with Gasteiger partial charge in [-0.25, -0.2) is 4.79 Å². The van der Waals surface area contributed by atoms with E-state index in [1.165, 1.54) is 38.1 Å². The lowest BCUT2D eigenvalue weighted by molar-refractivity contribution is -0.317. The highest BCUT2D eigenvalue weighted by Gasteiger charge is 2.81. The second kappa shape index (κ2) is 11.1. The molecule has 0 bridgehead atoms. The lowest BCUT2D eigenvalue weighted by Gasteiger charge is -2.67. The summed E-state index contributed by atoms with van der Waals surface area (Å²) >= 11 is 0. The lowest BCUT2D eigenvalue weighted by atomic mass is 9.42. The summed E-state index contributed by atoms with van der Waals surface area (Å²) in [4.78, 5) is 26.5. The van der Waals surface area contributed by atoms with E-state index < -0.39 is 88.2 Å². The van der Waals surface area contributed by atoms with E-state index in [0.29, 0.717) is 19.3 Å². The highest BCUT2D eigenvalue weighted by Crippen LogP contribution is 2.71. The molecule has 13 atom stereocenters. The van der Waals surface area contributed by atoms with Crippen LogP contribution >= 0.6 is 0 Å². The van der Waals surface area contributed by atoms with Gasteiger partial charge in [0.25, 0.3) is 0 Å². The van der Waals surface area contributed by atoms with Crippen molar-refractivity contribution in [1.82, 2.24) is 0 Å². The van der Waals surface area contributed by atoms with Crippen LogP contribution in [-0.4, -0.2) is 107 Å². The first kappa shape index (κ1) is 33.5. The number of aliphatic hydroxyl groups excluding tert-OH is 3. The summed E-state index contributed by atoms with van der Waals surface area (Å²) in [5.74, 6) is -2.02. The molecule has 7 N–H and O–H groups in total. The number of hydrogen-bond donors (Lipinski definition) is 7. The molecule has 1 heterocycles. The zero-order valence-electron chi connectivity index (χ0n) is 26.6. The van der Waals surface area contributed by atoms with Crippen LogP contribution in [0.5, 0.6) is 5.75 Å². The van der Waals surface area contributed by atoms with Gasteiger partial charge in [0.1, 0.15) is 47.0 Å². The molecule has 1 saturated heterocycles. The standard InChI is InChI=1S/C34H46O12/c1-17-25(37)26(38)27(39)29(44-17)45-22-10-11-30(3)20(15-22)9-12-33(42)23(30)16-24(46-28(40)19-5-7-21(36)8-6-19)31(4)32(41,18(2)35)13-14-34(31,33)43/h5-9,17,22-27,29,36-39,41-43H,10-16H2,1-4H3/t17-,22-,23+,24+,25-,26+,27+,29-,30-,31+,32+,33-,34+/m0/s1. The number of ether oxygens (including phenoxy) is 3. The van der Waals surface area contributed by atoms with E-state index in [1.54, 1.807) is 6.92 Å². The van der Waals surface area contributed by atoms with Crippen molar-refractivity contribution >= 4 is 11.8 Å². The monoisotopic (exact) mass is 646 g/mol. The quantitative estimate of drug-likeness (QED) is 0.179. The van der Waals surface area contributed by atoms with E-state index in [-0.39, 0.29) is 37.0 Å². The van der Waals surface area contributed by atoms with Gasteiger partial charge in [-0.15, -0.1) is 0 Å². The number of esters is 1. The van der Waals surface area contributed by atoms with Crippen LogP contribution in [0.25, 0.3) is 0 Å². The Kier molecular flexibility index (Phi) is 8.05. The molecular weight excluding hydrogens is 600 g/mol. The van der Waals surface area contributed by atoms with Gasteiger partial charge in [0.2, 0.25) is 0 Å². The summed E-state index contributed by atoms with van der Waals surface area (Å²) in [6.45, 7) is 6.34. The van der Waals surface area contributed by atoms with Crippen molar-refractivity contribution in [2.24, 2.45) is 16.7 Å². The number of carbonyl (C=O) groups excluding carboxylic acids is 2. The van der Waals surface area contributed by atoms with Crippen LogP contribution in [-0.2, 0) is 19.0 Å². The summed E-state index contributed by atoms with van der Waals surface area (Å²) in [6.07, 6.45) is -4.45. The molecule has 0 unspecified atom stereocenters. The van der Waals surface area contributed by atoms with Gasteiger partial charge in [-0.3, -0.25) is 4.79 Å². The second-order valence-corrected chi connectivity index (χ2v) is 14.7. The number of phenolic OH excluding ortho intramolecular Hbond substituents is 1. The van der Waals surface area contributed by atoms with Gasteiger partial charge in [-0.1, -0.05) is 18.6 Å². The van der Waals surface area contributed by atoms with E-state index in [9.17, 15) is 45.3 Å². The SMILES string of the molecule is CC(=O)[C@]1(O)CC[C@@]2(O)[C@]1(C)[C@H](OC(=O)c1ccc(O)cc1)C[C@@H]1[C@@]3(C)CC[C@H](O[C@@H]4O[C@@H](C)[C@H](O)[C@@H](O)[C@H]4O)CC3=CC[C@]12O. The Balaban J connectivity index is 1.33. The molecule has 6 rings (SSSR count). The molecule has 1 aliphatic heterocycles. The van der Waals surface area contributed by atoms with Crippen molar-refractivity contribution in [2.45, 2.75) is 132 Å². The Bertz CT molecular complexity index is 1410. The number of Topliss-reactive ketones (excluding diaryl/α,β-unsaturated/α-hetero) is 1. The predicted octanol–water partition coefficient (Wildman–Crippen LogP) is 1.25. The highest BCUT2D eigenvalue weighted by atomic mass is 16.7. The van der Waals surface area contributed by atoms with Crippen molar-refractivity contribution in [2.75, 3.05) is 0 Å². The van der Waals surface area contributed by atoms with Gasteiger partial charge >= 0.3 is 5.97 Å². The summed E-state index contributed by atoms with van der Waals surface area (Å²) in [6, 6.07) is 5.48. The van der Waals surface area contributed by atoms with Crippen LogP contribution in [0.1, 0.15) is 83.0 Å². The number of carbonyl (C=O) groups is 2. The normalized spacial score (nSPS) is 48.4. The second-order valence-electron chi connectivity index (χ2n) is 14.7. The molecule has 46 heavy (non-hydrogen) atoms. The molecule has 1 aromatic carbocycles. The van der Waals surface area contributed by atoms with Crippen molar-refractivity contribution in [3.05, 3.63) is 41.5 Å². The Labute approximate surface area is 267 Å². The first-order chi connectivity index (χ1) is 21.4. The smallest absolute Gasteiger partial charge is 0.338 e. The third-order valence-corrected chi connectivity index (χ3v) is 12.6. The van der Waals surface area contributed by atoms with Gasteiger partial charge in [-0.05, 0) is 95.4 Å². The molecule has 5 aliphatic rings. The maximum absolute atomic E-state index is 13.5. The Morgan fingerprint density at radius 2 is 1.63 bits per heavy atom. The molecule has 12 heteroatoms. The molecule has 3 saturated carbocycles. The number of rotatable bonds is 5. The zero-order chi connectivity index (χ0) is 33.6. The van der Waals surface area contributed by atoms with Gasteiger partial charge in [-0.2, -0.15) is 0 Å². The predicted molar refractivity (Wildman–Crippen MR) is 160 cm³/mol. The number of phenols is 1. The fourth-order valence-corrected chi connectivity index (χ4v) is 9.58. The molecule has 254 valence electrons. The number of hydrogen-bond acceptors (Lipinski definition) is 12. The summed E-state index contributed by atoms with van der Waals surface area (Å²) in [7, 11) is 0. The van der Waals surface area contributed by atoms with Crippen molar-refractivity contribution in [1.29, 1.82) is 0 Å². The zero-order valence-corrected chi connectivity index (χ0v) is 26.6. The molecule has 0 amide bonds. The number of fused-ring (bicyclic) bond motifs is 5. The number of benzene rings is 1. The Morgan fingerprint density at radius 1 is 0.957 bits per heavy atom. The first-order valence-electron chi connectivity index (χ1n) is 16.2. The van der Waals surface area contributed by atoms with Gasteiger partial charge in [0.15, 0.2) is 12.1 Å². The van der Waals surface area contributed by atoms with E-state index in [0.717, 1.165) is 5.57 Å². The fourth-order valence-electron chi connectivity index (χ4n) is 9.58. The molecule has 12 nitrogen and oxygen atoms in total. The minimum Gasteiger partial charge on any atom is -0.508 e. The maximum atomic E-state index is 13.5. The first-order valence-corrected chi connectivity index (χ1v) is 16.2. The molecule has 0 radical (unpaired) electrons. The van der Waals surface area contributed by atoms with E-state index >= 15 is 0 Å². The molecule has 0 aromatic heterocycles. The van der Waals surface area contributed by atoms with Crippen LogP contribution in [0.3, 0.4) is 0 Å². The molecule has 0 spiro atoms. The Morgan fingerprint density at radius 3 is 2.28 bits per heavy atom. The van der Waals surface area contributed by atoms with Crippen molar-refractivity contribution in [3.63, 3.8) is 0 Å². The summed E-state index contributed by atoms with van der Waals surface area (Å²) in [5, 5.41) is 77.7. The average Bonchev–Trinajstić information content (AvgIpc) is 3.24. The third kappa shape index (κ3) is 4.48. The maximum Gasteiger partial charge on any atom is 0.338 e. The minimum absolute atomic E-state index is 0.0263. The summed E-state index contributed by atoms with van der Waals surface area (Å²) in [5.41, 5.74) is -7.20. The van der Waals surface area contributed by atoms with E-state index in [4.69, 9.17) is 14.2 Å². The highest BCUT2D eigenvalue weighted by molar-refractivity contribution is 5.90. The molecule has 4 fully saturated rings. The summed E-state index contributed by atoms with van der Waals surface area (Å²) < 4.78 is 17.9. The molecular formula is C34H46O12. The van der Waals surface area contributed by atoms with Crippen LogP contribution in [0.2, 0.25) is 0 Å². The van der Waals surface area contributed by atoms with E-state index in [2.05, 4.69) is 0 Å². The number of aromatic hydroxyl groups is 1. The largest absolute Gasteiger partial charge is 0.508 e. The van der Waals surface area contributed by atoms with Crippen LogP contribution < -0.4 is 0 Å². The molecule has 1 aromatic rings. The van der Waals surface area contributed by atoms with Gasteiger partial charge < -0.3 is 50.0 Å². The third-order valence-electron chi connectivity index (χ3n) is 12.6. The van der Waals surface area contributed by atoms with E-state index in [1.807, 2.05) is 13.0 Å². The van der Waals surface area contributed by atoms with Crippen molar-refractivity contribution < 1.29 is 59.5 Å². The number of aliphatic hydroxyl groups is 6. The average molecular weight is 647 g/mol.